The van der Waals surface area contributed by atoms with Gasteiger partial charge in [0.25, 0.3) is 0 Å². The third-order valence-corrected chi connectivity index (χ3v) is 5.62. The minimum atomic E-state index is -0.197. The molecule has 0 radical (unpaired) electrons. The number of halogens is 1. The van der Waals surface area contributed by atoms with Gasteiger partial charge in [-0.3, -0.25) is 4.79 Å². The molecule has 0 saturated carbocycles. The molecule has 25 heavy (non-hydrogen) atoms. The van der Waals surface area contributed by atoms with Crippen LogP contribution in [0.1, 0.15) is 31.2 Å². The summed E-state index contributed by atoms with van der Waals surface area (Å²) in [7, 11) is 0. The Labute approximate surface area is 149 Å². The molecule has 2 saturated heterocycles. The Morgan fingerprint density at radius 3 is 2.52 bits per heavy atom. The van der Waals surface area contributed by atoms with Crippen LogP contribution >= 0.6 is 0 Å². The molecule has 1 unspecified atom stereocenters. The lowest BCUT2D eigenvalue weighted by Crippen LogP contribution is -2.46. The number of aliphatic hydroxyl groups excluding tert-OH is 1. The molecule has 1 amide bonds. The first kappa shape index (κ1) is 18.3. The van der Waals surface area contributed by atoms with Gasteiger partial charge in [-0.25, -0.2) is 4.39 Å². The van der Waals surface area contributed by atoms with Gasteiger partial charge in [0, 0.05) is 25.6 Å². The van der Waals surface area contributed by atoms with Crippen molar-refractivity contribution >= 4 is 5.91 Å². The topological polar surface area (TPSA) is 43.8 Å². The van der Waals surface area contributed by atoms with Gasteiger partial charge in [0.05, 0.1) is 6.61 Å². The molecule has 0 aliphatic carbocycles. The number of rotatable bonds is 5. The molecule has 5 heteroatoms. The van der Waals surface area contributed by atoms with Crippen molar-refractivity contribution in [1.29, 1.82) is 0 Å². The average molecular weight is 348 g/mol. The smallest absolute Gasteiger partial charge is 0.225 e. The number of β-amino-alcohol motifs (C(OH)–C–C–N with tert-alkyl or cyclic N) is 1. The highest BCUT2D eigenvalue weighted by molar-refractivity contribution is 5.79. The molecule has 1 N–H and O–H groups in total. The van der Waals surface area contributed by atoms with E-state index in [1.165, 1.54) is 12.1 Å². The first-order valence-electron chi connectivity index (χ1n) is 9.52. The van der Waals surface area contributed by atoms with Gasteiger partial charge in [-0.15, -0.1) is 0 Å². The molecular formula is C20H29FN2O2. The largest absolute Gasteiger partial charge is 0.395 e. The van der Waals surface area contributed by atoms with Crippen LogP contribution in [0, 0.1) is 17.7 Å². The number of hydrogen-bond donors (Lipinski definition) is 1. The standard InChI is InChI=1S/C20H29FN2O2/c21-19-5-3-16(4-6-19)14-17-2-1-9-23(15-17)20(25)18-7-10-22(11-8-18)12-13-24/h3-6,17-18,24H,1-2,7-15H2. The van der Waals surface area contributed by atoms with Gasteiger partial charge in [0.15, 0.2) is 0 Å². The highest BCUT2D eigenvalue weighted by atomic mass is 19.1. The number of carbonyl (C=O) groups excluding carboxylic acids is 1. The fraction of sp³-hybridized carbons (Fsp3) is 0.650. The van der Waals surface area contributed by atoms with E-state index in [-0.39, 0.29) is 18.3 Å². The fourth-order valence-corrected chi connectivity index (χ4v) is 4.19. The molecule has 1 aromatic carbocycles. The van der Waals surface area contributed by atoms with Crippen LogP contribution in [0.25, 0.3) is 0 Å². The maximum absolute atomic E-state index is 13.0. The van der Waals surface area contributed by atoms with Gasteiger partial charge in [0.1, 0.15) is 5.82 Å². The minimum Gasteiger partial charge on any atom is -0.395 e. The van der Waals surface area contributed by atoms with E-state index < -0.39 is 0 Å². The summed E-state index contributed by atoms with van der Waals surface area (Å²) in [6.45, 7) is 4.41. The second kappa shape index (κ2) is 8.77. The number of benzene rings is 1. The second-order valence-electron chi connectivity index (χ2n) is 7.46. The quantitative estimate of drug-likeness (QED) is 0.888. The van der Waals surface area contributed by atoms with Crippen LogP contribution in [0.3, 0.4) is 0 Å². The molecule has 1 atom stereocenters. The van der Waals surface area contributed by atoms with E-state index in [0.29, 0.717) is 18.4 Å². The van der Waals surface area contributed by atoms with Crippen LogP contribution in [0.4, 0.5) is 4.39 Å². The molecule has 1 aromatic rings. The first-order valence-corrected chi connectivity index (χ1v) is 9.52. The summed E-state index contributed by atoms with van der Waals surface area (Å²) < 4.78 is 13.0. The van der Waals surface area contributed by atoms with Crippen LogP contribution in [0.15, 0.2) is 24.3 Å². The minimum absolute atomic E-state index is 0.138. The lowest BCUT2D eigenvalue weighted by molar-refractivity contribution is -0.139. The molecule has 0 bridgehead atoms. The predicted molar refractivity (Wildman–Crippen MR) is 95.7 cm³/mol. The molecule has 2 aliphatic rings. The van der Waals surface area contributed by atoms with Gasteiger partial charge in [-0.2, -0.15) is 0 Å². The van der Waals surface area contributed by atoms with Crippen molar-refractivity contribution in [2.45, 2.75) is 32.1 Å². The van der Waals surface area contributed by atoms with Crippen molar-refractivity contribution < 1.29 is 14.3 Å². The fourth-order valence-electron chi connectivity index (χ4n) is 4.19. The van der Waals surface area contributed by atoms with Crippen molar-refractivity contribution in [3.8, 4) is 0 Å². The number of hydrogen-bond acceptors (Lipinski definition) is 3. The van der Waals surface area contributed by atoms with Gasteiger partial charge in [-0.05, 0) is 68.8 Å². The van der Waals surface area contributed by atoms with Crippen molar-refractivity contribution in [2.24, 2.45) is 11.8 Å². The summed E-state index contributed by atoms with van der Waals surface area (Å²) >= 11 is 0. The van der Waals surface area contributed by atoms with Crippen LogP contribution in [-0.2, 0) is 11.2 Å². The Balaban J connectivity index is 1.50. The number of carbonyl (C=O) groups is 1. The van der Waals surface area contributed by atoms with Crippen LogP contribution in [-0.4, -0.2) is 60.1 Å². The number of likely N-dealkylation sites (tertiary alicyclic amines) is 2. The predicted octanol–water partition coefficient (Wildman–Crippen LogP) is 2.31. The Bertz CT molecular complexity index is 555. The highest BCUT2D eigenvalue weighted by Crippen LogP contribution is 2.25. The lowest BCUT2D eigenvalue weighted by Gasteiger charge is -2.37. The number of piperidine rings is 2. The molecular weight excluding hydrogens is 319 g/mol. The Hall–Kier alpha value is -1.46. The molecule has 2 aliphatic heterocycles. The molecule has 2 heterocycles. The van der Waals surface area contributed by atoms with Crippen molar-refractivity contribution in [2.75, 3.05) is 39.3 Å². The third-order valence-electron chi connectivity index (χ3n) is 5.62. The normalized spacial score (nSPS) is 23.0. The summed E-state index contributed by atoms with van der Waals surface area (Å²) in [6.07, 6.45) is 4.91. The van der Waals surface area contributed by atoms with E-state index in [1.54, 1.807) is 0 Å². The van der Waals surface area contributed by atoms with E-state index in [4.69, 9.17) is 5.11 Å². The van der Waals surface area contributed by atoms with E-state index in [0.717, 1.165) is 63.8 Å². The number of aliphatic hydroxyl groups is 1. The molecule has 2 fully saturated rings. The zero-order chi connectivity index (χ0) is 17.6. The van der Waals surface area contributed by atoms with Crippen molar-refractivity contribution in [1.82, 2.24) is 9.80 Å². The number of amides is 1. The van der Waals surface area contributed by atoms with E-state index >= 15 is 0 Å². The maximum Gasteiger partial charge on any atom is 0.225 e. The Morgan fingerprint density at radius 1 is 1.12 bits per heavy atom. The lowest BCUT2D eigenvalue weighted by atomic mass is 9.89. The Kier molecular flexibility index (Phi) is 6.43. The average Bonchev–Trinajstić information content (AvgIpc) is 2.64. The van der Waals surface area contributed by atoms with Gasteiger partial charge < -0.3 is 14.9 Å². The number of nitrogens with zero attached hydrogens (tertiary/aromatic N) is 2. The summed E-state index contributed by atoms with van der Waals surface area (Å²) in [5.41, 5.74) is 1.15. The van der Waals surface area contributed by atoms with E-state index in [2.05, 4.69) is 9.80 Å². The van der Waals surface area contributed by atoms with Gasteiger partial charge in [0.2, 0.25) is 5.91 Å². The van der Waals surface area contributed by atoms with Crippen LogP contribution < -0.4 is 0 Å². The molecule has 138 valence electrons. The maximum atomic E-state index is 13.0. The molecule has 4 nitrogen and oxygen atoms in total. The molecule has 0 spiro atoms. The van der Waals surface area contributed by atoms with Crippen molar-refractivity contribution in [3.63, 3.8) is 0 Å². The Morgan fingerprint density at radius 2 is 1.84 bits per heavy atom. The summed E-state index contributed by atoms with van der Waals surface area (Å²) in [5, 5.41) is 9.03. The van der Waals surface area contributed by atoms with Crippen LogP contribution in [0.2, 0.25) is 0 Å². The molecule has 3 rings (SSSR count). The SMILES string of the molecule is O=C(C1CCN(CCO)CC1)N1CCCC(Cc2ccc(F)cc2)C1. The van der Waals surface area contributed by atoms with Gasteiger partial charge >= 0.3 is 0 Å². The molecule has 0 aromatic heterocycles. The summed E-state index contributed by atoms with van der Waals surface area (Å²) in [6, 6.07) is 6.74. The van der Waals surface area contributed by atoms with E-state index in [1.807, 2.05) is 12.1 Å². The summed E-state index contributed by atoms with van der Waals surface area (Å²) in [4.78, 5) is 17.2. The zero-order valence-corrected chi connectivity index (χ0v) is 14.9. The first-order chi connectivity index (χ1) is 12.2. The second-order valence-corrected chi connectivity index (χ2v) is 7.46. The summed E-state index contributed by atoms with van der Waals surface area (Å²) in [5.74, 6) is 0.723. The van der Waals surface area contributed by atoms with Crippen molar-refractivity contribution in [3.05, 3.63) is 35.6 Å². The van der Waals surface area contributed by atoms with E-state index in [9.17, 15) is 9.18 Å². The third kappa shape index (κ3) is 5.02. The van der Waals surface area contributed by atoms with Crippen LogP contribution in [0.5, 0.6) is 0 Å². The highest BCUT2D eigenvalue weighted by Gasteiger charge is 2.31. The zero-order valence-electron chi connectivity index (χ0n) is 14.9. The van der Waals surface area contributed by atoms with Gasteiger partial charge in [-0.1, -0.05) is 12.1 Å². The monoisotopic (exact) mass is 348 g/mol.